The van der Waals surface area contributed by atoms with Gasteiger partial charge in [0.25, 0.3) is 0 Å². The molecule has 0 atom stereocenters. The number of benzene rings is 1. The largest absolute Gasteiger partial charge is 0.490 e. The van der Waals surface area contributed by atoms with Crippen molar-refractivity contribution < 1.29 is 47.4 Å². The molecule has 0 saturated carbocycles. The van der Waals surface area contributed by atoms with Crippen LogP contribution < -0.4 is 9.47 Å². The van der Waals surface area contributed by atoms with Crippen LogP contribution in [0.3, 0.4) is 0 Å². The van der Waals surface area contributed by atoms with E-state index in [2.05, 4.69) is 11.8 Å². The molecule has 1 aromatic rings. The summed E-state index contributed by atoms with van der Waals surface area (Å²) >= 11 is 0. The molecule has 0 aliphatic rings. The van der Waals surface area contributed by atoms with Gasteiger partial charge < -0.3 is 47.4 Å². The van der Waals surface area contributed by atoms with E-state index in [0.717, 1.165) is 0 Å². The number of methoxy groups -OCH3 is 2. The Balaban J connectivity index is 2.20. The third-order valence-electron chi connectivity index (χ3n) is 4.71. The summed E-state index contributed by atoms with van der Waals surface area (Å²) in [6.45, 7) is 7.52. The van der Waals surface area contributed by atoms with Crippen molar-refractivity contribution in [2.75, 3.05) is 120 Å². The van der Waals surface area contributed by atoms with Gasteiger partial charge in [-0.25, -0.2) is 0 Å². The number of rotatable bonds is 26. The van der Waals surface area contributed by atoms with Crippen LogP contribution in [0.25, 0.3) is 0 Å². The van der Waals surface area contributed by atoms with E-state index in [9.17, 15) is 0 Å². The van der Waals surface area contributed by atoms with E-state index in [-0.39, 0.29) is 0 Å². The van der Waals surface area contributed by atoms with Crippen molar-refractivity contribution in [2.45, 2.75) is 0 Å². The van der Waals surface area contributed by atoms with Crippen molar-refractivity contribution in [3.63, 3.8) is 0 Å². The third kappa shape index (κ3) is 17.2. The molecule has 0 aliphatic carbocycles. The van der Waals surface area contributed by atoms with Gasteiger partial charge in [-0.2, -0.15) is 0 Å². The molecule has 10 nitrogen and oxygen atoms in total. The molecule has 0 unspecified atom stereocenters. The second-order valence-electron chi connectivity index (χ2n) is 7.49. The van der Waals surface area contributed by atoms with Crippen molar-refractivity contribution in [3.05, 3.63) is 23.3 Å². The molecule has 214 valence electrons. The van der Waals surface area contributed by atoms with Crippen molar-refractivity contribution >= 4 is 0 Å². The zero-order valence-electron chi connectivity index (χ0n) is 22.7. The molecule has 0 saturated heterocycles. The first-order valence-electron chi connectivity index (χ1n) is 12.6. The van der Waals surface area contributed by atoms with Crippen LogP contribution in [0.2, 0.25) is 0 Å². The average molecular weight is 539 g/mol. The van der Waals surface area contributed by atoms with Gasteiger partial charge in [0, 0.05) is 26.4 Å². The molecule has 38 heavy (non-hydrogen) atoms. The van der Waals surface area contributed by atoms with Crippen molar-refractivity contribution in [1.82, 2.24) is 0 Å². The van der Waals surface area contributed by atoms with E-state index >= 15 is 0 Å². The van der Waals surface area contributed by atoms with Gasteiger partial charge in [0.1, 0.15) is 24.7 Å². The molecule has 0 spiro atoms. The molecule has 0 fully saturated rings. The molecule has 1 rings (SSSR count). The highest BCUT2D eigenvalue weighted by atomic mass is 16.6. The lowest BCUT2D eigenvalue weighted by Crippen LogP contribution is -2.14. The first-order chi connectivity index (χ1) is 18.8. The molecule has 0 aromatic heterocycles. The molecular formula is C28H42O10. The smallest absolute Gasteiger partial charge is 0.136 e. The van der Waals surface area contributed by atoms with Crippen LogP contribution in [-0.2, 0) is 37.9 Å². The summed E-state index contributed by atoms with van der Waals surface area (Å²) in [5, 5.41) is 0. The van der Waals surface area contributed by atoms with Crippen molar-refractivity contribution in [1.29, 1.82) is 0 Å². The number of ether oxygens (including phenoxy) is 10. The highest BCUT2D eigenvalue weighted by Crippen LogP contribution is 2.28. The minimum absolute atomic E-state index is 0.314. The van der Waals surface area contributed by atoms with E-state index in [1.165, 1.54) is 0 Å². The van der Waals surface area contributed by atoms with Gasteiger partial charge >= 0.3 is 0 Å². The quantitative estimate of drug-likeness (QED) is 0.128. The normalized spacial score (nSPS) is 10.7. The second-order valence-corrected chi connectivity index (χ2v) is 7.49. The fraction of sp³-hybridized carbons (Fsp3) is 0.643. The molecule has 0 N–H and O–H groups in total. The monoisotopic (exact) mass is 538 g/mol. The first kappa shape index (κ1) is 33.6. The van der Waals surface area contributed by atoms with E-state index in [0.29, 0.717) is 128 Å². The molecule has 0 bridgehead atoms. The van der Waals surface area contributed by atoms with E-state index in [4.69, 9.17) is 60.2 Å². The van der Waals surface area contributed by atoms with Gasteiger partial charge in [0.15, 0.2) is 0 Å². The van der Waals surface area contributed by atoms with Crippen molar-refractivity contribution in [3.8, 4) is 36.2 Å². The summed E-state index contributed by atoms with van der Waals surface area (Å²) in [6.07, 6.45) is 11.3. The van der Waals surface area contributed by atoms with E-state index < -0.39 is 0 Å². The summed E-state index contributed by atoms with van der Waals surface area (Å²) in [7, 11) is 3.27. The number of hydrogen-bond donors (Lipinski definition) is 0. The Morgan fingerprint density at radius 3 is 0.974 bits per heavy atom. The Labute approximate surface area is 227 Å². The highest BCUT2D eigenvalue weighted by molar-refractivity contribution is 5.57. The standard InChI is InChI=1S/C28H42O10/c1-5-25-23-28(38-22-20-36-18-16-34-14-12-32-10-8-30-4)26(6-2)24-27(25)37-21-19-35-17-15-33-13-11-31-9-7-29-3/h1-2,23-24H,7-22H2,3-4H3. The highest BCUT2D eigenvalue weighted by Gasteiger charge is 2.10. The molecule has 1 aromatic carbocycles. The average Bonchev–Trinajstić information content (AvgIpc) is 2.94. The van der Waals surface area contributed by atoms with Crippen LogP contribution in [0.4, 0.5) is 0 Å². The Morgan fingerprint density at radius 2 is 0.711 bits per heavy atom. The van der Waals surface area contributed by atoms with Crippen molar-refractivity contribution in [2.24, 2.45) is 0 Å². The summed E-state index contributed by atoms with van der Waals surface area (Å²) in [5.74, 6) is 6.22. The fourth-order valence-corrected chi connectivity index (χ4v) is 2.81. The summed E-state index contributed by atoms with van der Waals surface area (Å²) in [4.78, 5) is 0. The third-order valence-corrected chi connectivity index (χ3v) is 4.71. The molecule has 0 heterocycles. The van der Waals surface area contributed by atoms with Crippen LogP contribution in [0.5, 0.6) is 11.5 Å². The maximum atomic E-state index is 5.78. The van der Waals surface area contributed by atoms with Gasteiger partial charge in [0.05, 0.1) is 104 Å². The molecular weight excluding hydrogens is 496 g/mol. The predicted octanol–water partition coefficient (Wildman–Crippen LogP) is 1.80. The summed E-state index contributed by atoms with van der Waals surface area (Å²) in [6, 6.07) is 3.39. The lowest BCUT2D eigenvalue weighted by atomic mass is 10.1. The number of hydrogen-bond acceptors (Lipinski definition) is 10. The Kier molecular flexibility index (Phi) is 22.1. The fourth-order valence-electron chi connectivity index (χ4n) is 2.81. The Bertz CT molecular complexity index is 721. The Hall–Kier alpha value is -2.38. The molecule has 0 amide bonds. The topological polar surface area (TPSA) is 92.3 Å². The van der Waals surface area contributed by atoms with Crippen LogP contribution in [0.1, 0.15) is 11.1 Å². The van der Waals surface area contributed by atoms with Gasteiger partial charge in [-0.1, -0.05) is 11.8 Å². The van der Waals surface area contributed by atoms with Crippen LogP contribution in [0.15, 0.2) is 12.1 Å². The Morgan fingerprint density at radius 1 is 0.447 bits per heavy atom. The van der Waals surface area contributed by atoms with Crippen LogP contribution in [-0.4, -0.2) is 120 Å². The zero-order valence-corrected chi connectivity index (χ0v) is 22.7. The summed E-state index contributed by atoms with van der Waals surface area (Å²) < 4.78 is 53.9. The van der Waals surface area contributed by atoms with Gasteiger partial charge in [-0.3, -0.25) is 0 Å². The lowest BCUT2D eigenvalue weighted by Gasteiger charge is -2.14. The minimum atomic E-state index is 0.314. The second kappa shape index (κ2) is 24.9. The van der Waals surface area contributed by atoms with Gasteiger partial charge in [-0.05, 0) is 0 Å². The molecule has 0 aliphatic heterocycles. The maximum Gasteiger partial charge on any atom is 0.136 e. The molecule has 10 heteroatoms. The zero-order chi connectivity index (χ0) is 27.5. The lowest BCUT2D eigenvalue weighted by molar-refractivity contribution is 0.0000223. The van der Waals surface area contributed by atoms with Gasteiger partial charge in [0.2, 0.25) is 0 Å². The summed E-state index contributed by atoms with van der Waals surface area (Å²) in [5.41, 5.74) is 1.08. The SMILES string of the molecule is C#Cc1cc(OCCOCCOCCOCCOC)c(C#C)cc1OCCOCCOCCOCCOC. The first-order valence-corrected chi connectivity index (χ1v) is 12.6. The van der Waals surface area contributed by atoms with Crippen LogP contribution in [0, 0.1) is 24.7 Å². The van der Waals surface area contributed by atoms with E-state index in [1.54, 1.807) is 26.4 Å². The van der Waals surface area contributed by atoms with Gasteiger partial charge in [-0.15, -0.1) is 12.8 Å². The minimum Gasteiger partial charge on any atom is -0.490 e. The number of terminal acetylenes is 2. The molecule has 0 radical (unpaired) electrons. The van der Waals surface area contributed by atoms with E-state index in [1.807, 2.05) is 0 Å². The maximum absolute atomic E-state index is 5.78. The predicted molar refractivity (Wildman–Crippen MR) is 142 cm³/mol. The van der Waals surface area contributed by atoms with Crippen LogP contribution >= 0.6 is 0 Å².